The first-order valence-corrected chi connectivity index (χ1v) is 5.81. The molecule has 0 amide bonds. The summed E-state index contributed by atoms with van der Waals surface area (Å²) >= 11 is 0. The second-order valence-corrected chi connectivity index (χ2v) is 4.39. The maximum Gasteiger partial charge on any atom is 0.256 e. The summed E-state index contributed by atoms with van der Waals surface area (Å²) in [7, 11) is 0. The standard InChI is InChI=1S/C13H13FN2O/c14-12-8-15-13(17)11-7-9(3-4-10(11)12)16-5-1-2-6-16/h3-4,7-8H,1-2,5-6H2,(H,15,17). The maximum atomic E-state index is 13.5. The maximum absolute atomic E-state index is 13.5. The first kappa shape index (κ1) is 10.3. The number of rotatable bonds is 1. The summed E-state index contributed by atoms with van der Waals surface area (Å²) in [4.78, 5) is 16.3. The fourth-order valence-electron chi connectivity index (χ4n) is 2.38. The molecule has 3 rings (SSSR count). The largest absolute Gasteiger partial charge is 0.372 e. The zero-order valence-corrected chi connectivity index (χ0v) is 9.37. The van der Waals surface area contributed by atoms with Gasteiger partial charge in [0.25, 0.3) is 5.56 Å². The van der Waals surface area contributed by atoms with Crippen LogP contribution in [0.1, 0.15) is 12.8 Å². The van der Waals surface area contributed by atoms with Crippen LogP contribution < -0.4 is 10.5 Å². The first-order valence-electron chi connectivity index (χ1n) is 5.81. The Morgan fingerprint density at radius 2 is 1.94 bits per heavy atom. The molecule has 2 aromatic rings. The predicted molar refractivity (Wildman–Crippen MR) is 66.0 cm³/mol. The van der Waals surface area contributed by atoms with Crippen molar-refractivity contribution < 1.29 is 4.39 Å². The molecule has 0 bridgehead atoms. The van der Waals surface area contributed by atoms with Gasteiger partial charge in [-0.2, -0.15) is 0 Å². The molecule has 2 heterocycles. The van der Waals surface area contributed by atoms with Gasteiger partial charge >= 0.3 is 0 Å². The van der Waals surface area contributed by atoms with Crippen molar-refractivity contribution in [3.63, 3.8) is 0 Å². The van der Waals surface area contributed by atoms with E-state index in [0.717, 1.165) is 25.0 Å². The Bertz CT molecular complexity index is 614. The van der Waals surface area contributed by atoms with Crippen molar-refractivity contribution >= 4 is 16.5 Å². The van der Waals surface area contributed by atoms with Gasteiger partial charge in [-0.05, 0) is 31.0 Å². The van der Waals surface area contributed by atoms with Gasteiger partial charge in [0.1, 0.15) is 5.82 Å². The highest BCUT2D eigenvalue weighted by atomic mass is 19.1. The van der Waals surface area contributed by atoms with Gasteiger partial charge in [-0.1, -0.05) is 0 Å². The lowest BCUT2D eigenvalue weighted by atomic mass is 10.1. The third kappa shape index (κ3) is 1.69. The molecule has 0 unspecified atom stereocenters. The van der Waals surface area contributed by atoms with Gasteiger partial charge in [-0.25, -0.2) is 4.39 Å². The third-order valence-corrected chi connectivity index (χ3v) is 3.31. The van der Waals surface area contributed by atoms with Crippen molar-refractivity contribution in [2.75, 3.05) is 18.0 Å². The zero-order valence-electron chi connectivity index (χ0n) is 9.37. The topological polar surface area (TPSA) is 36.1 Å². The van der Waals surface area contributed by atoms with E-state index in [2.05, 4.69) is 9.88 Å². The van der Waals surface area contributed by atoms with Crippen LogP contribution >= 0.6 is 0 Å². The summed E-state index contributed by atoms with van der Waals surface area (Å²) < 4.78 is 13.5. The van der Waals surface area contributed by atoms with E-state index >= 15 is 0 Å². The van der Waals surface area contributed by atoms with Crippen molar-refractivity contribution in [2.24, 2.45) is 0 Å². The first-order chi connectivity index (χ1) is 8.25. The fraction of sp³-hybridized carbons (Fsp3) is 0.308. The average Bonchev–Trinajstić information content (AvgIpc) is 2.87. The van der Waals surface area contributed by atoms with Crippen molar-refractivity contribution in [3.8, 4) is 0 Å². The summed E-state index contributed by atoms with van der Waals surface area (Å²) in [5.41, 5.74) is 0.772. The normalized spacial score (nSPS) is 15.7. The molecule has 1 aromatic carbocycles. The lowest BCUT2D eigenvalue weighted by Gasteiger charge is -2.17. The molecule has 1 aliphatic heterocycles. The fourth-order valence-corrected chi connectivity index (χ4v) is 2.38. The number of hydrogen-bond acceptors (Lipinski definition) is 2. The van der Waals surface area contributed by atoms with Gasteiger partial charge < -0.3 is 9.88 Å². The highest BCUT2D eigenvalue weighted by Crippen LogP contribution is 2.24. The molecule has 0 spiro atoms. The zero-order chi connectivity index (χ0) is 11.8. The quantitative estimate of drug-likeness (QED) is 0.818. The Morgan fingerprint density at radius 1 is 1.18 bits per heavy atom. The van der Waals surface area contributed by atoms with Crippen LogP contribution in [0.5, 0.6) is 0 Å². The molecule has 1 saturated heterocycles. The molecule has 0 radical (unpaired) electrons. The molecular formula is C13H13FN2O. The number of H-pyrrole nitrogens is 1. The highest BCUT2D eigenvalue weighted by Gasteiger charge is 2.13. The predicted octanol–water partition coefficient (Wildman–Crippen LogP) is 2.27. The second kappa shape index (κ2) is 3.87. The highest BCUT2D eigenvalue weighted by molar-refractivity contribution is 5.85. The molecule has 0 saturated carbocycles. The number of nitrogens with zero attached hydrogens (tertiary/aromatic N) is 1. The second-order valence-electron chi connectivity index (χ2n) is 4.39. The number of hydrogen-bond donors (Lipinski definition) is 1. The van der Waals surface area contributed by atoms with E-state index in [1.165, 1.54) is 12.8 Å². The molecule has 88 valence electrons. The van der Waals surface area contributed by atoms with Gasteiger partial charge in [0.2, 0.25) is 0 Å². The summed E-state index contributed by atoms with van der Waals surface area (Å²) in [5.74, 6) is -0.382. The molecule has 0 atom stereocenters. The Kier molecular flexibility index (Phi) is 2.35. The molecule has 1 N–H and O–H groups in total. The molecule has 0 aliphatic carbocycles. The number of nitrogens with one attached hydrogen (secondary N) is 1. The lowest BCUT2D eigenvalue weighted by Crippen LogP contribution is -2.18. The number of anilines is 1. The summed E-state index contributed by atoms with van der Waals surface area (Å²) in [6.45, 7) is 2.03. The van der Waals surface area contributed by atoms with Crippen LogP contribution in [0.3, 0.4) is 0 Å². The van der Waals surface area contributed by atoms with E-state index in [0.29, 0.717) is 10.8 Å². The van der Waals surface area contributed by atoms with E-state index < -0.39 is 0 Å². The minimum Gasteiger partial charge on any atom is -0.372 e. The molecule has 17 heavy (non-hydrogen) atoms. The van der Waals surface area contributed by atoms with E-state index in [1.54, 1.807) is 12.1 Å². The smallest absolute Gasteiger partial charge is 0.256 e. The van der Waals surface area contributed by atoms with Gasteiger partial charge in [-0.3, -0.25) is 4.79 Å². The van der Waals surface area contributed by atoms with Crippen LogP contribution in [0.25, 0.3) is 10.8 Å². The number of halogens is 1. The minimum atomic E-state index is -0.382. The molecule has 1 aliphatic rings. The summed E-state index contributed by atoms with van der Waals surface area (Å²) in [6.07, 6.45) is 3.47. The van der Waals surface area contributed by atoms with Crippen molar-refractivity contribution in [1.29, 1.82) is 0 Å². The van der Waals surface area contributed by atoms with Gasteiger partial charge in [0.15, 0.2) is 0 Å². The number of fused-ring (bicyclic) bond motifs is 1. The van der Waals surface area contributed by atoms with Crippen LogP contribution in [0.4, 0.5) is 10.1 Å². The molecule has 1 aromatic heterocycles. The van der Waals surface area contributed by atoms with Crippen LogP contribution in [-0.2, 0) is 0 Å². The SMILES string of the molecule is O=c1[nH]cc(F)c2ccc(N3CCCC3)cc12. The van der Waals surface area contributed by atoms with Crippen LogP contribution in [0.2, 0.25) is 0 Å². The summed E-state index contributed by atoms with van der Waals surface area (Å²) in [6, 6.07) is 5.35. The number of pyridine rings is 1. The third-order valence-electron chi connectivity index (χ3n) is 3.31. The van der Waals surface area contributed by atoms with E-state index in [4.69, 9.17) is 0 Å². The summed E-state index contributed by atoms with van der Waals surface area (Å²) in [5, 5.41) is 0.811. The van der Waals surface area contributed by atoms with E-state index in [1.807, 2.05) is 6.07 Å². The van der Waals surface area contributed by atoms with Crippen molar-refractivity contribution in [1.82, 2.24) is 4.98 Å². The van der Waals surface area contributed by atoms with Crippen molar-refractivity contribution in [2.45, 2.75) is 12.8 Å². The van der Waals surface area contributed by atoms with Crippen LogP contribution in [0.15, 0.2) is 29.2 Å². The number of aromatic amines is 1. The van der Waals surface area contributed by atoms with Gasteiger partial charge in [0.05, 0.1) is 5.39 Å². The Labute approximate surface area is 97.9 Å². The molecule has 4 heteroatoms. The number of aromatic nitrogens is 1. The Balaban J connectivity index is 2.18. The minimum absolute atomic E-state index is 0.234. The Morgan fingerprint density at radius 3 is 2.71 bits per heavy atom. The van der Waals surface area contributed by atoms with Crippen LogP contribution in [-0.4, -0.2) is 18.1 Å². The average molecular weight is 232 g/mol. The van der Waals surface area contributed by atoms with Gasteiger partial charge in [-0.15, -0.1) is 0 Å². The molecule has 1 fully saturated rings. The molecule has 3 nitrogen and oxygen atoms in total. The lowest BCUT2D eigenvalue weighted by molar-refractivity contribution is 0.633. The van der Waals surface area contributed by atoms with E-state index in [9.17, 15) is 9.18 Å². The number of benzene rings is 1. The van der Waals surface area contributed by atoms with Crippen molar-refractivity contribution in [3.05, 3.63) is 40.6 Å². The van der Waals surface area contributed by atoms with E-state index in [-0.39, 0.29) is 11.4 Å². The monoisotopic (exact) mass is 232 g/mol. The van der Waals surface area contributed by atoms with Crippen LogP contribution in [0, 0.1) is 5.82 Å². The Hall–Kier alpha value is -1.84. The molecular weight excluding hydrogens is 219 g/mol. The van der Waals surface area contributed by atoms with Gasteiger partial charge in [0, 0.05) is 30.4 Å².